The number of carbonyl (C=O) groups is 1. The topological polar surface area (TPSA) is 64.7 Å². The standard InChI is InChI=1S/C16H14BrClFN5O/c17-11-6-20-23(8-11)5-4-16(25)22-12-7-21-24(9-12)10-13-14(18)2-1-3-15(13)19/h1-3,6-9H,4-5,10H2,(H,22,25). The fraction of sp³-hybridized carbons (Fsp3) is 0.188. The van der Waals surface area contributed by atoms with Crippen molar-refractivity contribution in [2.45, 2.75) is 19.5 Å². The van der Waals surface area contributed by atoms with Gasteiger partial charge in [0.15, 0.2) is 0 Å². The van der Waals surface area contributed by atoms with Crippen LogP contribution in [0.4, 0.5) is 10.1 Å². The Morgan fingerprint density at radius 1 is 1.24 bits per heavy atom. The molecule has 0 aliphatic heterocycles. The number of nitrogens with one attached hydrogen (secondary N) is 1. The Hall–Kier alpha value is -2.19. The van der Waals surface area contributed by atoms with Crippen LogP contribution in [0.2, 0.25) is 5.02 Å². The smallest absolute Gasteiger partial charge is 0.226 e. The van der Waals surface area contributed by atoms with Crippen LogP contribution in [0.25, 0.3) is 0 Å². The molecule has 1 amide bonds. The zero-order chi connectivity index (χ0) is 17.8. The Labute approximate surface area is 156 Å². The lowest BCUT2D eigenvalue weighted by molar-refractivity contribution is -0.116. The largest absolute Gasteiger partial charge is 0.323 e. The Bertz CT molecular complexity index is 874. The number of anilines is 1. The number of hydrogen-bond donors (Lipinski definition) is 1. The first-order chi connectivity index (χ1) is 12.0. The van der Waals surface area contributed by atoms with Crippen molar-refractivity contribution < 1.29 is 9.18 Å². The molecule has 9 heteroatoms. The van der Waals surface area contributed by atoms with Gasteiger partial charge in [-0.3, -0.25) is 14.2 Å². The first-order valence-electron chi connectivity index (χ1n) is 7.44. The molecular weight excluding hydrogens is 413 g/mol. The third-order valence-corrected chi connectivity index (χ3v) is 4.23. The summed E-state index contributed by atoms with van der Waals surface area (Å²) in [5, 5.41) is 11.3. The summed E-state index contributed by atoms with van der Waals surface area (Å²) in [5.74, 6) is -0.547. The van der Waals surface area contributed by atoms with Crippen molar-refractivity contribution in [1.82, 2.24) is 19.6 Å². The lowest BCUT2D eigenvalue weighted by atomic mass is 10.2. The zero-order valence-electron chi connectivity index (χ0n) is 13.0. The summed E-state index contributed by atoms with van der Waals surface area (Å²) < 4.78 is 17.9. The lowest BCUT2D eigenvalue weighted by Crippen LogP contribution is -2.14. The first-order valence-corrected chi connectivity index (χ1v) is 8.61. The summed E-state index contributed by atoms with van der Waals surface area (Å²) in [6.07, 6.45) is 6.87. The van der Waals surface area contributed by atoms with Crippen LogP contribution < -0.4 is 5.32 Å². The van der Waals surface area contributed by atoms with E-state index in [1.165, 1.54) is 16.9 Å². The average Bonchev–Trinajstić information content (AvgIpc) is 3.18. The zero-order valence-corrected chi connectivity index (χ0v) is 15.3. The number of carbonyl (C=O) groups excluding carboxylic acids is 1. The highest BCUT2D eigenvalue weighted by Gasteiger charge is 2.10. The predicted octanol–water partition coefficient (Wildman–Crippen LogP) is 3.71. The van der Waals surface area contributed by atoms with Crippen molar-refractivity contribution in [2.75, 3.05) is 5.32 Å². The van der Waals surface area contributed by atoms with Gasteiger partial charge in [-0.25, -0.2) is 4.39 Å². The molecule has 0 saturated carbocycles. The van der Waals surface area contributed by atoms with E-state index in [1.807, 2.05) is 0 Å². The van der Waals surface area contributed by atoms with Crippen molar-refractivity contribution in [3.63, 3.8) is 0 Å². The van der Waals surface area contributed by atoms with Crippen LogP contribution in [0, 0.1) is 5.82 Å². The molecule has 0 spiro atoms. The van der Waals surface area contributed by atoms with Crippen LogP contribution in [0.15, 0.2) is 47.5 Å². The number of aryl methyl sites for hydroxylation is 1. The maximum Gasteiger partial charge on any atom is 0.226 e. The highest BCUT2D eigenvalue weighted by molar-refractivity contribution is 9.10. The SMILES string of the molecule is O=C(CCn1cc(Br)cn1)Nc1cnn(Cc2c(F)cccc2Cl)c1. The van der Waals surface area contributed by atoms with Gasteiger partial charge in [-0.1, -0.05) is 17.7 Å². The van der Waals surface area contributed by atoms with E-state index in [1.54, 1.807) is 35.4 Å². The summed E-state index contributed by atoms with van der Waals surface area (Å²) in [6, 6.07) is 4.52. The molecule has 0 fully saturated rings. The van der Waals surface area contributed by atoms with Gasteiger partial charge in [-0.05, 0) is 28.1 Å². The molecule has 0 bridgehead atoms. The van der Waals surface area contributed by atoms with E-state index >= 15 is 0 Å². The number of rotatable bonds is 6. The number of aromatic nitrogens is 4. The van der Waals surface area contributed by atoms with Gasteiger partial charge < -0.3 is 5.32 Å². The third kappa shape index (κ3) is 4.67. The Kier molecular flexibility index (Phi) is 5.50. The fourth-order valence-electron chi connectivity index (χ4n) is 2.26. The predicted molar refractivity (Wildman–Crippen MR) is 95.9 cm³/mol. The molecule has 1 aromatic carbocycles. The van der Waals surface area contributed by atoms with Crippen LogP contribution in [0.3, 0.4) is 0 Å². The second-order valence-electron chi connectivity index (χ2n) is 5.35. The van der Waals surface area contributed by atoms with E-state index in [4.69, 9.17) is 11.6 Å². The molecular formula is C16H14BrClFN5O. The van der Waals surface area contributed by atoms with Crippen molar-refractivity contribution in [3.05, 3.63) is 63.9 Å². The van der Waals surface area contributed by atoms with Gasteiger partial charge in [0, 0.05) is 35.9 Å². The van der Waals surface area contributed by atoms with Gasteiger partial charge >= 0.3 is 0 Å². The summed E-state index contributed by atoms with van der Waals surface area (Å²) in [7, 11) is 0. The monoisotopic (exact) mass is 425 g/mol. The van der Waals surface area contributed by atoms with Gasteiger partial charge in [-0.2, -0.15) is 10.2 Å². The van der Waals surface area contributed by atoms with Crippen molar-refractivity contribution in [3.8, 4) is 0 Å². The summed E-state index contributed by atoms with van der Waals surface area (Å²) in [6.45, 7) is 0.652. The molecule has 0 saturated heterocycles. The minimum Gasteiger partial charge on any atom is -0.323 e. The number of nitrogens with zero attached hydrogens (tertiary/aromatic N) is 4. The maximum atomic E-state index is 13.8. The molecule has 2 aromatic heterocycles. The minimum atomic E-state index is -0.390. The van der Waals surface area contributed by atoms with E-state index in [-0.39, 0.29) is 24.7 Å². The van der Waals surface area contributed by atoms with E-state index in [9.17, 15) is 9.18 Å². The lowest BCUT2D eigenvalue weighted by Gasteiger charge is -2.06. The molecule has 1 N–H and O–H groups in total. The molecule has 3 rings (SSSR count). The van der Waals surface area contributed by atoms with E-state index in [2.05, 4.69) is 31.4 Å². The number of halogens is 3. The summed E-state index contributed by atoms with van der Waals surface area (Å²) >= 11 is 9.31. The van der Waals surface area contributed by atoms with E-state index in [0.717, 1.165) is 4.47 Å². The maximum absolute atomic E-state index is 13.8. The molecule has 0 aliphatic rings. The molecule has 0 atom stereocenters. The van der Waals surface area contributed by atoms with E-state index in [0.29, 0.717) is 22.8 Å². The highest BCUT2D eigenvalue weighted by atomic mass is 79.9. The Balaban J connectivity index is 1.57. The number of hydrogen-bond acceptors (Lipinski definition) is 3. The molecule has 25 heavy (non-hydrogen) atoms. The normalized spacial score (nSPS) is 10.8. The minimum absolute atomic E-state index is 0.157. The van der Waals surface area contributed by atoms with Crippen LogP contribution in [0.5, 0.6) is 0 Å². The summed E-state index contributed by atoms with van der Waals surface area (Å²) in [5.41, 5.74) is 0.897. The molecule has 6 nitrogen and oxygen atoms in total. The second-order valence-corrected chi connectivity index (χ2v) is 6.67. The Morgan fingerprint density at radius 2 is 2.04 bits per heavy atom. The van der Waals surface area contributed by atoms with Crippen LogP contribution >= 0.6 is 27.5 Å². The molecule has 0 unspecified atom stereocenters. The average molecular weight is 427 g/mol. The van der Waals surface area contributed by atoms with E-state index < -0.39 is 0 Å². The molecule has 0 aliphatic carbocycles. The molecule has 3 aromatic rings. The highest BCUT2D eigenvalue weighted by Crippen LogP contribution is 2.20. The van der Waals surface area contributed by atoms with Gasteiger partial charge in [0.1, 0.15) is 5.82 Å². The van der Waals surface area contributed by atoms with Crippen molar-refractivity contribution >= 4 is 39.1 Å². The summed E-state index contributed by atoms with van der Waals surface area (Å²) in [4.78, 5) is 12.0. The number of amides is 1. The fourth-order valence-corrected chi connectivity index (χ4v) is 2.81. The van der Waals surface area contributed by atoms with Crippen LogP contribution in [0.1, 0.15) is 12.0 Å². The molecule has 130 valence electrons. The Morgan fingerprint density at radius 3 is 2.76 bits per heavy atom. The second kappa shape index (κ2) is 7.79. The van der Waals surface area contributed by atoms with Gasteiger partial charge in [0.25, 0.3) is 0 Å². The van der Waals surface area contributed by atoms with Gasteiger partial charge in [0.2, 0.25) is 5.91 Å². The molecule has 0 radical (unpaired) electrons. The quantitative estimate of drug-likeness (QED) is 0.653. The van der Waals surface area contributed by atoms with Crippen LogP contribution in [-0.4, -0.2) is 25.5 Å². The molecule has 2 heterocycles. The van der Waals surface area contributed by atoms with Gasteiger partial charge in [0.05, 0.1) is 29.1 Å². The first kappa shape index (κ1) is 17.6. The van der Waals surface area contributed by atoms with Crippen molar-refractivity contribution in [1.29, 1.82) is 0 Å². The van der Waals surface area contributed by atoms with Gasteiger partial charge in [-0.15, -0.1) is 0 Å². The third-order valence-electron chi connectivity index (χ3n) is 3.47. The number of benzene rings is 1. The van der Waals surface area contributed by atoms with Crippen LogP contribution in [-0.2, 0) is 17.9 Å². The van der Waals surface area contributed by atoms with Crippen molar-refractivity contribution in [2.24, 2.45) is 0 Å².